The van der Waals surface area contributed by atoms with Crippen LogP contribution in [0.15, 0.2) is 46.6 Å². The molecule has 0 aromatic carbocycles. The molecule has 0 aliphatic rings. The molecule has 1 aromatic rings. The van der Waals surface area contributed by atoms with E-state index in [1.807, 2.05) is 37.5 Å². The Morgan fingerprint density at radius 3 is 2.90 bits per heavy atom. The maximum atomic E-state index is 11.9. The molecule has 0 bridgehead atoms. The minimum atomic E-state index is -1.64. The van der Waals surface area contributed by atoms with Crippen molar-refractivity contribution < 1.29 is 8.78 Å². The molecule has 108 valence electrons. The number of allylic oxidation sites excluding steroid dienone is 4. The van der Waals surface area contributed by atoms with Gasteiger partial charge >= 0.3 is 0 Å². The Morgan fingerprint density at radius 1 is 1.40 bits per heavy atom. The Labute approximate surface area is 126 Å². The number of hydrogen-bond acceptors (Lipinski definition) is 4. The van der Waals surface area contributed by atoms with Gasteiger partial charge in [-0.15, -0.1) is 11.8 Å². The van der Waals surface area contributed by atoms with Crippen molar-refractivity contribution in [2.24, 2.45) is 0 Å². The Hall–Kier alpha value is -1.14. The molecule has 0 fully saturated rings. The summed E-state index contributed by atoms with van der Waals surface area (Å²) in [6.07, 6.45) is 9.11. The summed E-state index contributed by atoms with van der Waals surface area (Å²) < 4.78 is 23.7. The highest BCUT2D eigenvalue weighted by Gasteiger charge is 1.98. The number of nitrogens with zero attached hydrogens (tertiary/aromatic N) is 2. The molecule has 6 heteroatoms. The zero-order valence-electron chi connectivity index (χ0n) is 11.3. The van der Waals surface area contributed by atoms with Crippen LogP contribution < -0.4 is 0 Å². The molecule has 0 amide bonds. The van der Waals surface area contributed by atoms with Crippen molar-refractivity contribution in [3.8, 4) is 0 Å². The molecule has 0 aliphatic heterocycles. The van der Waals surface area contributed by atoms with Gasteiger partial charge in [0.15, 0.2) is 5.16 Å². The topological polar surface area (TPSA) is 25.8 Å². The number of aromatic nitrogens is 2. The number of thioether (sulfide) groups is 2. The Bertz CT molecular complexity index is 510. The monoisotopic (exact) mass is 314 g/mol. The minimum absolute atomic E-state index is 0.312. The van der Waals surface area contributed by atoms with E-state index in [4.69, 9.17) is 0 Å². The second kappa shape index (κ2) is 9.72. The SMILES string of the molecule is CS/C(C)=C\C=C\c1ccnc(SCCC=C(F)F)n1. The van der Waals surface area contributed by atoms with Crippen LogP contribution in [-0.4, -0.2) is 22.0 Å². The summed E-state index contributed by atoms with van der Waals surface area (Å²) >= 11 is 3.05. The maximum absolute atomic E-state index is 11.9. The molecule has 0 atom stereocenters. The van der Waals surface area contributed by atoms with Gasteiger partial charge in [0.05, 0.1) is 5.69 Å². The fourth-order valence-electron chi connectivity index (χ4n) is 1.18. The van der Waals surface area contributed by atoms with Gasteiger partial charge in [0, 0.05) is 11.9 Å². The van der Waals surface area contributed by atoms with Crippen LogP contribution in [-0.2, 0) is 0 Å². The van der Waals surface area contributed by atoms with Gasteiger partial charge in [-0.2, -0.15) is 8.78 Å². The van der Waals surface area contributed by atoms with Gasteiger partial charge in [0.1, 0.15) is 0 Å². The first kappa shape index (κ1) is 16.9. The van der Waals surface area contributed by atoms with E-state index in [9.17, 15) is 8.78 Å². The summed E-state index contributed by atoms with van der Waals surface area (Å²) in [4.78, 5) is 9.65. The van der Waals surface area contributed by atoms with Gasteiger partial charge < -0.3 is 0 Å². The quantitative estimate of drug-likeness (QED) is 0.305. The summed E-state index contributed by atoms with van der Waals surface area (Å²) in [5.74, 6) is 0.538. The van der Waals surface area contributed by atoms with Crippen LogP contribution in [0.3, 0.4) is 0 Å². The summed E-state index contributed by atoms with van der Waals surface area (Å²) in [5.41, 5.74) is 0.805. The van der Waals surface area contributed by atoms with Crippen LogP contribution in [0.1, 0.15) is 19.0 Å². The van der Waals surface area contributed by atoms with Crippen molar-refractivity contribution in [2.75, 3.05) is 12.0 Å². The number of halogens is 2. The first-order valence-electron chi connectivity index (χ1n) is 5.98. The highest BCUT2D eigenvalue weighted by molar-refractivity contribution is 8.02. The average Bonchev–Trinajstić information content (AvgIpc) is 2.43. The fourth-order valence-corrected chi connectivity index (χ4v) is 2.12. The lowest BCUT2D eigenvalue weighted by Crippen LogP contribution is -1.89. The van der Waals surface area contributed by atoms with Crippen molar-refractivity contribution in [3.63, 3.8) is 0 Å². The van der Waals surface area contributed by atoms with E-state index >= 15 is 0 Å². The largest absolute Gasteiger partial charge is 0.266 e. The highest BCUT2D eigenvalue weighted by Crippen LogP contribution is 2.15. The second-order valence-electron chi connectivity index (χ2n) is 3.74. The zero-order chi connectivity index (χ0) is 14.8. The average molecular weight is 314 g/mol. The second-order valence-corrected chi connectivity index (χ2v) is 5.85. The van der Waals surface area contributed by atoms with Crippen molar-refractivity contribution in [3.05, 3.63) is 47.2 Å². The van der Waals surface area contributed by atoms with E-state index in [0.29, 0.717) is 17.3 Å². The lowest BCUT2D eigenvalue weighted by atomic mass is 10.3. The minimum Gasteiger partial charge on any atom is -0.231 e. The van der Waals surface area contributed by atoms with Crippen molar-refractivity contribution in [2.45, 2.75) is 18.5 Å². The number of rotatable bonds is 7. The maximum Gasteiger partial charge on any atom is 0.266 e. The molecular weight excluding hydrogens is 298 g/mol. The van der Waals surface area contributed by atoms with Crippen LogP contribution in [0.4, 0.5) is 8.78 Å². The molecule has 1 aromatic heterocycles. The first-order chi connectivity index (χ1) is 9.61. The van der Waals surface area contributed by atoms with Crippen LogP contribution >= 0.6 is 23.5 Å². The van der Waals surface area contributed by atoms with Crippen molar-refractivity contribution in [1.82, 2.24) is 9.97 Å². The molecule has 1 rings (SSSR count). The van der Waals surface area contributed by atoms with E-state index in [1.54, 1.807) is 18.0 Å². The van der Waals surface area contributed by atoms with Gasteiger partial charge in [-0.3, -0.25) is 0 Å². The van der Waals surface area contributed by atoms with Crippen LogP contribution in [0.2, 0.25) is 0 Å². The van der Waals surface area contributed by atoms with E-state index in [0.717, 1.165) is 11.8 Å². The van der Waals surface area contributed by atoms with Crippen LogP contribution in [0.5, 0.6) is 0 Å². The molecular formula is C14H16F2N2S2. The molecule has 0 aliphatic carbocycles. The van der Waals surface area contributed by atoms with Gasteiger partial charge in [-0.05, 0) is 42.7 Å². The zero-order valence-corrected chi connectivity index (χ0v) is 13.0. The molecule has 0 N–H and O–H groups in total. The van der Waals surface area contributed by atoms with Gasteiger partial charge in [0.25, 0.3) is 6.08 Å². The Balaban J connectivity index is 2.55. The smallest absolute Gasteiger partial charge is 0.231 e. The molecule has 2 nitrogen and oxygen atoms in total. The third-order valence-electron chi connectivity index (χ3n) is 2.22. The Morgan fingerprint density at radius 2 is 2.20 bits per heavy atom. The normalized spacial score (nSPS) is 11.9. The summed E-state index contributed by atoms with van der Waals surface area (Å²) in [7, 11) is 0. The molecule has 1 heterocycles. The predicted molar refractivity (Wildman–Crippen MR) is 84.0 cm³/mol. The molecule has 0 unspecified atom stereocenters. The first-order valence-corrected chi connectivity index (χ1v) is 8.19. The van der Waals surface area contributed by atoms with Crippen LogP contribution in [0.25, 0.3) is 6.08 Å². The standard InChI is InChI=1S/C14H16F2N2S2/c1-11(19-2)5-3-6-12-8-9-17-14(18-12)20-10-4-7-13(15)16/h3,5-9H,4,10H2,1-2H3/b6-3+,11-5-. The highest BCUT2D eigenvalue weighted by atomic mass is 32.2. The molecule has 0 spiro atoms. The molecule has 20 heavy (non-hydrogen) atoms. The van der Waals surface area contributed by atoms with Gasteiger partial charge in [-0.25, -0.2) is 9.97 Å². The van der Waals surface area contributed by atoms with Crippen molar-refractivity contribution >= 4 is 29.6 Å². The summed E-state index contributed by atoms with van der Waals surface area (Å²) in [5, 5.41) is 0.602. The summed E-state index contributed by atoms with van der Waals surface area (Å²) in [6, 6.07) is 1.81. The Kier molecular flexibility index (Phi) is 8.22. The molecule has 0 radical (unpaired) electrons. The lowest BCUT2D eigenvalue weighted by Gasteiger charge is -1.99. The van der Waals surface area contributed by atoms with Crippen LogP contribution in [0, 0.1) is 0 Å². The summed E-state index contributed by atoms with van der Waals surface area (Å²) in [6.45, 7) is 2.04. The van der Waals surface area contributed by atoms with Gasteiger partial charge in [-0.1, -0.05) is 23.9 Å². The van der Waals surface area contributed by atoms with Gasteiger partial charge in [0.2, 0.25) is 0 Å². The van der Waals surface area contributed by atoms with E-state index < -0.39 is 6.08 Å². The lowest BCUT2D eigenvalue weighted by molar-refractivity contribution is 0.418. The molecule has 0 saturated carbocycles. The third-order valence-corrected chi connectivity index (χ3v) is 3.90. The van der Waals surface area contributed by atoms with E-state index in [2.05, 4.69) is 9.97 Å². The number of hydrogen-bond donors (Lipinski definition) is 0. The van der Waals surface area contributed by atoms with E-state index in [-0.39, 0.29) is 0 Å². The predicted octanol–water partition coefficient (Wildman–Crippen LogP) is 5.02. The third kappa shape index (κ3) is 7.45. The molecule has 0 saturated heterocycles. The van der Waals surface area contributed by atoms with Crippen molar-refractivity contribution in [1.29, 1.82) is 0 Å². The van der Waals surface area contributed by atoms with E-state index in [1.165, 1.54) is 16.7 Å². The fraction of sp³-hybridized carbons (Fsp3) is 0.286.